The van der Waals surface area contributed by atoms with Gasteiger partial charge in [0.15, 0.2) is 0 Å². The number of fused-ring (bicyclic) bond motifs is 1. The maximum absolute atomic E-state index is 13.2. The molecule has 0 radical (unpaired) electrons. The molecule has 132 valence electrons. The van der Waals surface area contributed by atoms with Gasteiger partial charge in [-0.1, -0.05) is 49.2 Å². The van der Waals surface area contributed by atoms with Crippen LogP contribution in [0.2, 0.25) is 0 Å². The second-order valence-corrected chi connectivity index (χ2v) is 8.77. The number of piperazine rings is 1. The summed E-state index contributed by atoms with van der Waals surface area (Å²) in [4.78, 5) is 2.83. The summed E-state index contributed by atoms with van der Waals surface area (Å²) < 4.78 is 28.2. The van der Waals surface area contributed by atoms with Gasteiger partial charge in [0, 0.05) is 30.9 Å². The average molecular weight is 356 g/mol. The van der Waals surface area contributed by atoms with Crippen LogP contribution < -0.4 is 4.90 Å². The summed E-state index contributed by atoms with van der Waals surface area (Å²) in [6, 6.07) is 19.6. The maximum atomic E-state index is 13.2. The molecule has 2 unspecified atom stereocenters. The summed E-state index contributed by atoms with van der Waals surface area (Å²) >= 11 is 0. The van der Waals surface area contributed by atoms with Gasteiger partial charge in [-0.15, -0.1) is 0 Å². The highest BCUT2D eigenvalue weighted by atomic mass is 32.2. The Labute approximate surface area is 150 Å². The van der Waals surface area contributed by atoms with Crippen LogP contribution in [0.25, 0.3) is 0 Å². The lowest BCUT2D eigenvalue weighted by Crippen LogP contribution is -2.62. The quantitative estimate of drug-likeness (QED) is 0.845. The van der Waals surface area contributed by atoms with Crippen LogP contribution in [0.3, 0.4) is 0 Å². The topological polar surface area (TPSA) is 40.6 Å². The van der Waals surface area contributed by atoms with E-state index in [1.165, 1.54) is 12.1 Å². The van der Waals surface area contributed by atoms with Crippen LogP contribution in [0.1, 0.15) is 25.7 Å². The molecule has 4 rings (SSSR count). The smallest absolute Gasteiger partial charge is 0.243 e. The average Bonchev–Trinajstić information content (AvgIpc) is 2.68. The molecule has 1 saturated heterocycles. The van der Waals surface area contributed by atoms with Crippen molar-refractivity contribution in [2.45, 2.75) is 42.7 Å². The molecule has 1 aliphatic heterocycles. The van der Waals surface area contributed by atoms with E-state index in [9.17, 15) is 8.42 Å². The molecule has 5 heteroatoms. The van der Waals surface area contributed by atoms with Crippen LogP contribution in [0.5, 0.6) is 0 Å². The molecular weight excluding hydrogens is 332 g/mol. The molecule has 0 bridgehead atoms. The summed E-state index contributed by atoms with van der Waals surface area (Å²) in [5.41, 5.74) is 1.20. The van der Waals surface area contributed by atoms with Crippen molar-refractivity contribution in [1.82, 2.24) is 4.31 Å². The van der Waals surface area contributed by atoms with Crippen LogP contribution in [-0.2, 0) is 10.0 Å². The third-order valence-corrected chi connectivity index (χ3v) is 7.40. The van der Waals surface area contributed by atoms with Gasteiger partial charge in [0.25, 0.3) is 0 Å². The summed E-state index contributed by atoms with van der Waals surface area (Å²) in [6.07, 6.45) is 4.27. The molecule has 0 N–H and O–H groups in total. The van der Waals surface area contributed by atoms with Crippen LogP contribution in [0.15, 0.2) is 65.6 Å². The summed E-state index contributed by atoms with van der Waals surface area (Å²) in [5, 5.41) is 0. The van der Waals surface area contributed by atoms with Crippen LogP contribution in [-0.4, -0.2) is 37.9 Å². The standard InChI is InChI=1S/C20H24N2O2S/c23-25(24,18-11-5-2-6-12-18)22-16-15-21(17-9-3-1-4-10-17)19-13-7-8-14-20(19)22/h1-6,9-12,19-20H,7-8,13-16H2. The second-order valence-electron chi connectivity index (χ2n) is 6.88. The van der Waals surface area contributed by atoms with Crippen molar-refractivity contribution in [2.75, 3.05) is 18.0 Å². The van der Waals surface area contributed by atoms with Crippen LogP contribution in [0, 0.1) is 0 Å². The Balaban J connectivity index is 1.66. The van der Waals surface area contributed by atoms with E-state index >= 15 is 0 Å². The van der Waals surface area contributed by atoms with Crippen molar-refractivity contribution in [3.8, 4) is 0 Å². The molecule has 1 aliphatic carbocycles. The highest BCUT2D eigenvalue weighted by molar-refractivity contribution is 7.89. The van der Waals surface area contributed by atoms with Crippen molar-refractivity contribution in [2.24, 2.45) is 0 Å². The van der Waals surface area contributed by atoms with E-state index in [1.54, 1.807) is 28.6 Å². The first-order valence-electron chi connectivity index (χ1n) is 9.06. The number of hydrogen-bond donors (Lipinski definition) is 0. The molecule has 25 heavy (non-hydrogen) atoms. The highest BCUT2D eigenvalue weighted by Crippen LogP contribution is 2.36. The first-order chi connectivity index (χ1) is 12.2. The Morgan fingerprint density at radius 1 is 0.760 bits per heavy atom. The first kappa shape index (κ1) is 16.6. The summed E-state index contributed by atoms with van der Waals surface area (Å²) in [7, 11) is -3.43. The second kappa shape index (κ2) is 6.81. The molecule has 1 heterocycles. The van der Waals surface area contributed by atoms with Gasteiger partial charge in [-0.25, -0.2) is 8.42 Å². The molecule has 4 nitrogen and oxygen atoms in total. The van der Waals surface area contributed by atoms with Gasteiger partial charge in [-0.3, -0.25) is 0 Å². The third kappa shape index (κ3) is 3.07. The van der Waals surface area contributed by atoms with Crippen molar-refractivity contribution >= 4 is 15.7 Å². The molecular formula is C20H24N2O2S. The van der Waals surface area contributed by atoms with Gasteiger partial charge in [0.1, 0.15) is 0 Å². The van der Waals surface area contributed by atoms with Crippen molar-refractivity contribution in [3.05, 3.63) is 60.7 Å². The normalized spacial score (nSPS) is 24.7. The zero-order valence-electron chi connectivity index (χ0n) is 14.3. The summed E-state index contributed by atoms with van der Waals surface area (Å²) in [6.45, 7) is 1.30. The summed E-state index contributed by atoms with van der Waals surface area (Å²) in [5.74, 6) is 0. The van der Waals surface area contributed by atoms with Gasteiger partial charge >= 0.3 is 0 Å². The number of para-hydroxylation sites is 1. The van der Waals surface area contributed by atoms with E-state index in [0.717, 1.165) is 25.8 Å². The third-order valence-electron chi connectivity index (χ3n) is 5.46. The first-order valence-corrected chi connectivity index (χ1v) is 10.5. The van der Waals surface area contributed by atoms with E-state index < -0.39 is 10.0 Å². The van der Waals surface area contributed by atoms with E-state index in [-0.39, 0.29) is 12.1 Å². The van der Waals surface area contributed by atoms with E-state index in [0.29, 0.717) is 11.4 Å². The van der Waals surface area contributed by atoms with Crippen molar-refractivity contribution < 1.29 is 8.42 Å². The Hall–Kier alpha value is -1.85. The minimum Gasteiger partial charge on any atom is -0.366 e. The fraction of sp³-hybridized carbons (Fsp3) is 0.400. The molecule has 2 aromatic rings. The lowest BCUT2D eigenvalue weighted by Gasteiger charge is -2.50. The van der Waals surface area contributed by atoms with Crippen LogP contribution >= 0.6 is 0 Å². The predicted octanol–water partition coefficient (Wildman–Crippen LogP) is 3.51. The fourth-order valence-electron chi connectivity index (χ4n) is 4.30. The Morgan fingerprint density at radius 2 is 1.36 bits per heavy atom. The van der Waals surface area contributed by atoms with Crippen LogP contribution in [0.4, 0.5) is 5.69 Å². The molecule has 0 amide bonds. The Morgan fingerprint density at radius 3 is 2.04 bits per heavy atom. The number of benzene rings is 2. The van der Waals surface area contributed by atoms with Gasteiger partial charge in [-0.2, -0.15) is 4.31 Å². The molecule has 2 aromatic carbocycles. The van der Waals surface area contributed by atoms with Crippen molar-refractivity contribution in [1.29, 1.82) is 0 Å². The Bertz CT molecular complexity index is 808. The predicted molar refractivity (Wildman–Crippen MR) is 100 cm³/mol. The van der Waals surface area contributed by atoms with Gasteiger partial charge in [0.05, 0.1) is 4.90 Å². The Kier molecular flexibility index (Phi) is 4.52. The molecule has 2 atom stereocenters. The molecule has 1 saturated carbocycles. The zero-order valence-corrected chi connectivity index (χ0v) is 15.1. The van der Waals surface area contributed by atoms with Gasteiger partial charge < -0.3 is 4.90 Å². The lowest BCUT2D eigenvalue weighted by molar-refractivity contribution is 0.187. The largest absolute Gasteiger partial charge is 0.366 e. The molecule has 2 fully saturated rings. The van der Waals surface area contributed by atoms with Gasteiger partial charge in [-0.05, 0) is 37.1 Å². The minimum absolute atomic E-state index is 0.0629. The fourth-order valence-corrected chi connectivity index (χ4v) is 5.99. The SMILES string of the molecule is O=S(=O)(c1ccccc1)N1CCN(c2ccccc2)C2CCCCC21. The number of nitrogens with zero attached hydrogens (tertiary/aromatic N) is 2. The maximum Gasteiger partial charge on any atom is 0.243 e. The molecule has 0 spiro atoms. The van der Waals surface area contributed by atoms with E-state index in [4.69, 9.17) is 0 Å². The minimum atomic E-state index is -3.43. The lowest BCUT2D eigenvalue weighted by atomic mass is 9.87. The van der Waals surface area contributed by atoms with Gasteiger partial charge in [0.2, 0.25) is 10.0 Å². The molecule has 0 aromatic heterocycles. The highest BCUT2D eigenvalue weighted by Gasteiger charge is 2.43. The van der Waals surface area contributed by atoms with Crippen molar-refractivity contribution in [3.63, 3.8) is 0 Å². The number of rotatable bonds is 3. The monoisotopic (exact) mass is 356 g/mol. The number of hydrogen-bond acceptors (Lipinski definition) is 3. The van der Waals surface area contributed by atoms with E-state index in [1.807, 2.05) is 12.1 Å². The zero-order chi connectivity index (χ0) is 17.3. The number of anilines is 1. The molecule has 2 aliphatic rings. The van der Waals surface area contributed by atoms with E-state index in [2.05, 4.69) is 29.2 Å². The number of sulfonamides is 1.